The van der Waals surface area contributed by atoms with Crippen molar-refractivity contribution >= 4 is 23.9 Å². The first-order valence-electron chi connectivity index (χ1n) is 8.40. The molecule has 0 aliphatic carbocycles. The van der Waals surface area contributed by atoms with E-state index in [4.69, 9.17) is 22.3 Å². The average Bonchev–Trinajstić information content (AvgIpc) is 2.55. The molecule has 0 saturated heterocycles. The summed E-state index contributed by atoms with van der Waals surface area (Å²) in [6, 6.07) is 6.29. The van der Waals surface area contributed by atoms with Crippen LogP contribution in [0.1, 0.15) is 50.4 Å². The van der Waals surface area contributed by atoms with Gasteiger partial charge in [0.15, 0.2) is 0 Å². The first kappa shape index (κ1) is 25.9. The Morgan fingerprint density at radius 3 is 2.00 bits per heavy atom. The highest BCUT2D eigenvalue weighted by molar-refractivity contribution is 5.89. The molecule has 0 bridgehead atoms. The van der Waals surface area contributed by atoms with Gasteiger partial charge in [-0.05, 0) is 49.7 Å². The summed E-state index contributed by atoms with van der Waals surface area (Å²) in [6.07, 6.45) is 2.93. The van der Waals surface area contributed by atoms with Crippen LogP contribution in [0.4, 0.5) is 5.69 Å². The first-order valence-corrected chi connectivity index (χ1v) is 8.40. The molecule has 1 atom stereocenters. The Morgan fingerprint density at radius 1 is 1.15 bits per heavy atom. The Morgan fingerprint density at radius 2 is 1.65 bits per heavy atom. The van der Waals surface area contributed by atoms with Crippen LogP contribution in [0.25, 0.3) is 0 Å². The van der Waals surface area contributed by atoms with Crippen molar-refractivity contribution in [1.82, 2.24) is 0 Å². The van der Waals surface area contributed by atoms with Crippen LogP contribution in [-0.2, 0) is 9.59 Å². The monoisotopic (exact) mass is 368 g/mol. The highest BCUT2D eigenvalue weighted by Gasteiger charge is 2.09. The van der Waals surface area contributed by atoms with Crippen LogP contribution in [0.3, 0.4) is 0 Å². The molecule has 0 fully saturated rings. The molecule has 0 radical (unpaired) electrons. The zero-order valence-electron chi connectivity index (χ0n) is 15.8. The second-order valence-electron chi connectivity index (χ2n) is 5.89. The molecule has 0 unspecified atom stereocenters. The Hall–Kier alpha value is -2.29. The Kier molecular flexibility index (Phi) is 16.2. The maximum absolute atomic E-state index is 10.6. The van der Waals surface area contributed by atoms with Crippen LogP contribution < -0.4 is 22.5 Å². The van der Waals surface area contributed by atoms with Crippen LogP contribution in [0, 0.1) is 0 Å². The predicted molar refractivity (Wildman–Crippen MR) is 104 cm³/mol. The van der Waals surface area contributed by atoms with Gasteiger partial charge in [0, 0.05) is 18.2 Å². The molecule has 0 spiro atoms. The molecule has 0 aromatic heterocycles. The fraction of sp³-hybridized carbons (Fsp3) is 0.500. The minimum atomic E-state index is -0.933. The molecule has 148 valence electrons. The van der Waals surface area contributed by atoms with Crippen molar-refractivity contribution in [3.8, 4) is 0 Å². The van der Waals surface area contributed by atoms with E-state index in [1.54, 1.807) is 24.3 Å². The van der Waals surface area contributed by atoms with E-state index in [2.05, 4.69) is 5.32 Å². The number of rotatable bonds is 7. The van der Waals surface area contributed by atoms with Gasteiger partial charge in [0.25, 0.3) is 0 Å². The van der Waals surface area contributed by atoms with E-state index in [-0.39, 0.29) is 5.91 Å². The quantitative estimate of drug-likeness (QED) is 0.358. The predicted octanol–water partition coefficient (Wildman–Crippen LogP) is 1.34. The number of nitrogens with two attached hydrogens (primary N) is 3. The molecule has 1 rings (SSSR count). The van der Waals surface area contributed by atoms with E-state index in [9.17, 15) is 14.4 Å². The van der Waals surface area contributed by atoms with Gasteiger partial charge in [0.2, 0.25) is 5.91 Å². The molecule has 26 heavy (non-hydrogen) atoms. The third-order valence-electron chi connectivity index (χ3n) is 2.65. The number of hydrogen-bond acceptors (Lipinski definition) is 6. The number of aliphatic carboxylic acids is 1. The summed E-state index contributed by atoms with van der Waals surface area (Å²) >= 11 is 0. The summed E-state index contributed by atoms with van der Waals surface area (Å²) in [5.41, 5.74) is 16.8. The number of amides is 1. The van der Waals surface area contributed by atoms with Gasteiger partial charge in [-0.15, -0.1) is 0 Å². The largest absolute Gasteiger partial charge is 0.480 e. The van der Waals surface area contributed by atoms with Gasteiger partial charge in [-0.1, -0.05) is 20.3 Å². The zero-order valence-corrected chi connectivity index (χ0v) is 15.8. The molecule has 8 N–H and O–H groups in total. The van der Waals surface area contributed by atoms with Crippen LogP contribution in [-0.4, -0.2) is 41.9 Å². The zero-order chi connectivity index (χ0) is 20.5. The molecule has 0 aliphatic heterocycles. The minimum Gasteiger partial charge on any atom is -0.480 e. The summed E-state index contributed by atoms with van der Waals surface area (Å²) in [5, 5.41) is 10.9. The van der Waals surface area contributed by atoms with E-state index in [1.807, 2.05) is 13.8 Å². The van der Waals surface area contributed by atoms with E-state index in [0.717, 1.165) is 19.1 Å². The number of carboxylic acid groups (broad SMARTS) is 1. The maximum Gasteiger partial charge on any atom is 0.320 e. The number of nitrogens with one attached hydrogen (secondary N) is 1. The SMILES string of the molecule is CC(=O)Nc1ccc(C=O)cc1.CC(C)N.NCCCC[C@H](N)C(=O)O. The molecule has 8 nitrogen and oxygen atoms in total. The standard InChI is InChI=1S/C9H9NO2.C6H14N2O2.C3H9N/c1-7(12)10-9-4-2-8(6-11)3-5-9;7-4-2-1-3-5(8)6(9)10;1-3(2)4/h2-6H,1H3,(H,10,12);5H,1-4,7-8H2,(H,9,10);3H,4H2,1-2H3/t;5-;/m.0./s1. The number of aldehydes is 1. The van der Waals surface area contributed by atoms with E-state index >= 15 is 0 Å². The molecule has 0 aliphatic rings. The number of anilines is 1. The maximum atomic E-state index is 10.6. The Balaban J connectivity index is 0. The van der Waals surface area contributed by atoms with Crippen molar-refractivity contribution in [1.29, 1.82) is 0 Å². The van der Waals surface area contributed by atoms with Crippen molar-refractivity contribution in [2.45, 2.75) is 52.1 Å². The lowest BCUT2D eigenvalue weighted by molar-refractivity contribution is -0.138. The molecule has 1 aromatic carbocycles. The lowest BCUT2D eigenvalue weighted by Gasteiger charge is -2.03. The second-order valence-corrected chi connectivity index (χ2v) is 5.89. The summed E-state index contributed by atoms with van der Waals surface area (Å²) in [5.74, 6) is -1.05. The Labute approximate surface area is 155 Å². The fourth-order valence-corrected chi connectivity index (χ4v) is 1.48. The van der Waals surface area contributed by atoms with Gasteiger partial charge >= 0.3 is 5.97 Å². The lowest BCUT2D eigenvalue weighted by Crippen LogP contribution is -2.29. The topological polar surface area (TPSA) is 162 Å². The highest BCUT2D eigenvalue weighted by atomic mass is 16.4. The van der Waals surface area contributed by atoms with E-state index < -0.39 is 12.0 Å². The molecular formula is C18H32N4O4. The second kappa shape index (κ2) is 16.2. The summed E-state index contributed by atoms with van der Waals surface area (Å²) < 4.78 is 0. The number of hydrogen-bond donors (Lipinski definition) is 5. The molecule has 1 amide bonds. The minimum absolute atomic E-state index is 0.117. The third kappa shape index (κ3) is 18.1. The normalized spacial score (nSPS) is 10.6. The highest BCUT2D eigenvalue weighted by Crippen LogP contribution is 2.07. The summed E-state index contributed by atoms with van der Waals surface area (Å²) in [4.78, 5) is 31.0. The molecule has 0 saturated carbocycles. The first-order chi connectivity index (χ1) is 12.1. The van der Waals surface area contributed by atoms with Crippen LogP contribution in [0.5, 0.6) is 0 Å². The Bertz CT molecular complexity index is 516. The number of carboxylic acids is 1. The van der Waals surface area contributed by atoms with Gasteiger partial charge in [0.1, 0.15) is 12.3 Å². The van der Waals surface area contributed by atoms with E-state index in [0.29, 0.717) is 30.3 Å². The lowest BCUT2D eigenvalue weighted by atomic mass is 10.1. The average molecular weight is 368 g/mol. The van der Waals surface area contributed by atoms with Gasteiger partial charge in [0.05, 0.1) is 0 Å². The van der Waals surface area contributed by atoms with Crippen molar-refractivity contribution in [2.75, 3.05) is 11.9 Å². The number of unbranched alkanes of at least 4 members (excludes halogenated alkanes) is 1. The van der Waals surface area contributed by atoms with Crippen molar-refractivity contribution < 1.29 is 19.5 Å². The summed E-state index contributed by atoms with van der Waals surface area (Å²) in [6.45, 7) is 5.93. The van der Waals surface area contributed by atoms with Gasteiger partial charge < -0.3 is 27.6 Å². The fourth-order valence-electron chi connectivity index (χ4n) is 1.48. The third-order valence-corrected chi connectivity index (χ3v) is 2.65. The summed E-state index contributed by atoms with van der Waals surface area (Å²) in [7, 11) is 0. The number of carbonyl (C=O) groups excluding carboxylic acids is 2. The van der Waals surface area contributed by atoms with Crippen molar-refractivity contribution in [2.24, 2.45) is 17.2 Å². The van der Waals surface area contributed by atoms with Gasteiger partial charge in [-0.25, -0.2) is 0 Å². The molecule has 8 heteroatoms. The van der Waals surface area contributed by atoms with Crippen LogP contribution in [0.15, 0.2) is 24.3 Å². The smallest absolute Gasteiger partial charge is 0.320 e. The van der Waals surface area contributed by atoms with E-state index in [1.165, 1.54) is 6.92 Å². The molecular weight excluding hydrogens is 336 g/mol. The van der Waals surface area contributed by atoms with Gasteiger partial charge in [-0.3, -0.25) is 14.4 Å². The van der Waals surface area contributed by atoms with Gasteiger partial charge in [-0.2, -0.15) is 0 Å². The number of carbonyl (C=O) groups is 3. The van der Waals surface area contributed by atoms with Crippen molar-refractivity contribution in [3.05, 3.63) is 29.8 Å². The van der Waals surface area contributed by atoms with Crippen molar-refractivity contribution in [3.63, 3.8) is 0 Å². The van der Waals surface area contributed by atoms with Crippen LogP contribution in [0.2, 0.25) is 0 Å². The number of benzene rings is 1. The van der Waals surface area contributed by atoms with Crippen LogP contribution >= 0.6 is 0 Å². The molecule has 0 heterocycles. The molecule has 1 aromatic rings.